The Bertz CT molecular complexity index is 1320. The highest BCUT2D eigenvalue weighted by Crippen LogP contribution is 2.41. The van der Waals surface area contributed by atoms with Crippen molar-refractivity contribution in [2.24, 2.45) is 17.8 Å². The molecule has 1 saturated heterocycles. The third kappa shape index (κ3) is 6.02. The lowest BCUT2D eigenvalue weighted by Crippen LogP contribution is -2.33. The van der Waals surface area contributed by atoms with Gasteiger partial charge in [0.15, 0.2) is 0 Å². The Morgan fingerprint density at radius 3 is 2.34 bits per heavy atom. The Morgan fingerprint density at radius 2 is 1.74 bits per heavy atom. The Labute approximate surface area is 222 Å². The summed E-state index contributed by atoms with van der Waals surface area (Å²) in [7, 11) is 0. The fourth-order valence-electron chi connectivity index (χ4n) is 5.93. The van der Waals surface area contributed by atoms with Crippen LogP contribution in [0.2, 0.25) is 0 Å². The van der Waals surface area contributed by atoms with Crippen LogP contribution < -0.4 is 15.2 Å². The molecule has 0 spiro atoms. The van der Waals surface area contributed by atoms with Crippen LogP contribution >= 0.6 is 0 Å². The number of anilines is 1. The van der Waals surface area contributed by atoms with Gasteiger partial charge in [-0.05, 0) is 78.8 Å². The number of aromatic nitrogens is 1. The Morgan fingerprint density at radius 1 is 0.974 bits per heavy atom. The molecule has 6 rings (SSSR count). The first-order valence-electron chi connectivity index (χ1n) is 13.9. The van der Waals surface area contributed by atoms with E-state index in [4.69, 9.17) is 4.74 Å². The highest BCUT2D eigenvalue weighted by molar-refractivity contribution is 5.83. The van der Waals surface area contributed by atoms with E-state index in [1.54, 1.807) is 12.3 Å². The lowest BCUT2D eigenvalue weighted by molar-refractivity contribution is -0.104. The van der Waals surface area contributed by atoms with E-state index in [1.807, 2.05) is 37.3 Å². The fraction of sp³-hybridized carbons (Fsp3) is 0.516. The van der Waals surface area contributed by atoms with E-state index >= 15 is 0 Å². The molecule has 0 amide bonds. The first-order valence-corrected chi connectivity index (χ1v) is 13.9. The Kier molecular flexibility index (Phi) is 7.73. The number of halogens is 3. The molecule has 4 nitrogen and oxygen atoms in total. The highest BCUT2D eigenvalue weighted by Gasteiger charge is 2.42. The molecule has 2 heterocycles. The van der Waals surface area contributed by atoms with Crippen LogP contribution in [-0.2, 0) is 0 Å². The molecule has 2 aromatic carbocycles. The van der Waals surface area contributed by atoms with Crippen molar-refractivity contribution < 1.29 is 17.9 Å². The summed E-state index contributed by atoms with van der Waals surface area (Å²) in [6.45, 7) is 6.52. The van der Waals surface area contributed by atoms with Crippen LogP contribution in [0, 0.1) is 23.6 Å². The average molecular weight is 527 g/mol. The molecule has 38 heavy (non-hydrogen) atoms. The normalized spacial score (nSPS) is 21.3. The second-order valence-electron chi connectivity index (χ2n) is 11.5. The number of rotatable bonds is 5. The maximum Gasteiger partial charge on any atom is 0.262 e. The van der Waals surface area contributed by atoms with Crippen LogP contribution in [0.3, 0.4) is 0 Å². The summed E-state index contributed by atoms with van der Waals surface area (Å²) in [5.41, 5.74) is 1.01. The van der Waals surface area contributed by atoms with Crippen molar-refractivity contribution in [3.8, 4) is 11.4 Å². The largest absolute Gasteiger partial charge is 0.493 e. The van der Waals surface area contributed by atoms with Crippen LogP contribution in [0.25, 0.3) is 16.5 Å². The van der Waals surface area contributed by atoms with Gasteiger partial charge in [0.2, 0.25) is 5.92 Å². The molecule has 1 aliphatic heterocycles. The second kappa shape index (κ2) is 11.0. The molecule has 0 bridgehead atoms. The zero-order valence-electron chi connectivity index (χ0n) is 22.3. The van der Waals surface area contributed by atoms with Gasteiger partial charge in [-0.25, -0.2) is 13.2 Å². The monoisotopic (exact) mass is 526 g/mol. The van der Waals surface area contributed by atoms with Crippen LogP contribution in [0.5, 0.6) is 5.75 Å². The van der Waals surface area contributed by atoms with E-state index in [2.05, 4.69) is 11.8 Å². The minimum absolute atomic E-state index is 0.104. The molecule has 2 saturated carbocycles. The van der Waals surface area contributed by atoms with Gasteiger partial charge < -0.3 is 9.64 Å². The first-order chi connectivity index (χ1) is 18.2. The quantitative estimate of drug-likeness (QED) is 0.343. The predicted molar refractivity (Wildman–Crippen MR) is 146 cm³/mol. The second-order valence-corrected chi connectivity index (χ2v) is 11.5. The topological polar surface area (TPSA) is 34.5 Å². The van der Waals surface area contributed by atoms with Gasteiger partial charge in [0.25, 0.3) is 5.56 Å². The molecule has 0 N–H and O–H groups in total. The highest BCUT2D eigenvalue weighted by atomic mass is 19.3. The zero-order valence-corrected chi connectivity index (χ0v) is 22.3. The van der Waals surface area contributed by atoms with Gasteiger partial charge in [0.05, 0.1) is 18.0 Å². The number of nitrogens with zero attached hydrogens (tertiary/aromatic N) is 2. The van der Waals surface area contributed by atoms with E-state index in [0.29, 0.717) is 28.6 Å². The number of fused-ring (bicyclic) bond motifs is 1. The van der Waals surface area contributed by atoms with Gasteiger partial charge in [0.1, 0.15) is 11.6 Å². The van der Waals surface area contributed by atoms with Gasteiger partial charge in [0, 0.05) is 43.6 Å². The van der Waals surface area contributed by atoms with Gasteiger partial charge in [-0.1, -0.05) is 26.7 Å². The molecule has 204 valence electrons. The molecular formula is C31H37F3N2O2. The molecule has 1 atom stereocenters. The predicted octanol–water partition coefficient (Wildman–Crippen LogP) is 7.60. The molecule has 2 aliphatic carbocycles. The maximum absolute atomic E-state index is 14.9. The first kappa shape index (κ1) is 26.6. The minimum Gasteiger partial charge on any atom is -0.493 e. The van der Waals surface area contributed by atoms with Crippen LogP contribution in [0.1, 0.15) is 58.8 Å². The van der Waals surface area contributed by atoms with Crippen molar-refractivity contribution in [3.63, 3.8) is 0 Å². The van der Waals surface area contributed by atoms with Gasteiger partial charge in [-0.15, -0.1) is 0 Å². The summed E-state index contributed by atoms with van der Waals surface area (Å²) in [5, 5.41) is 1.45. The fourth-order valence-corrected chi connectivity index (χ4v) is 5.93. The lowest BCUT2D eigenvalue weighted by Gasteiger charge is -2.31. The van der Waals surface area contributed by atoms with Crippen molar-refractivity contribution >= 4 is 16.5 Å². The number of benzene rings is 2. The Balaban J connectivity index is 0.000000366. The summed E-state index contributed by atoms with van der Waals surface area (Å²) in [6, 6.07) is 12.6. The third-order valence-corrected chi connectivity index (χ3v) is 8.10. The van der Waals surface area contributed by atoms with E-state index in [1.165, 1.54) is 36.3 Å². The number of hydrogen-bond acceptors (Lipinski definition) is 3. The smallest absolute Gasteiger partial charge is 0.262 e. The molecule has 0 radical (unpaired) electrons. The van der Waals surface area contributed by atoms with Gasteiger partial charge >= 0.3 is 0 Å². The van der Waals surface area contributed by atoms with E-state index < -0.39 is 5.92 Å². The average Bonchev–Trinajstić information content (AvgIpc) is 3.54. The standard InChI is InChI=1S/C26H29FN2O2.C5H8F2/c1-18-10-12-28(16-18)25-9-6-21(15-24(25)27)29-13-11-20-14-22(7-8-23(20)26(29)30)31-17-19-4-2-3-5-19;1-4-2-5(6,7)3-4/h6-9,11,13-15,18-19H,2-5,10,12,16-17H2,1H3;4H,2-3H2,1H3. The van der Waals surface area contributed by atoms with Crippen molar-refractivity contribution in [3.05, 3.63) is 64.8 Å². The van der Waals surface area contributed by atoms with Crippen LogP contribution in [0.4, 0.5) is 18.9 Å². The van der Waals surface area contributed by atoms with Crippen LogP contribution in [-0.4, -0.2) is 30.2 Å². The number of alkyl halides is 2. The summed E-state index contributed by atoms with van der Waals surface area (Å²) in [4.78, 5) is 15.2. The number of hydrogen-bond donors (Lipinski definition) is 0. The summed E-state index contributed by atoms with van der Waals surface area (Å²) < 4.78 is 45.9. The van der Waals surface area contributed by atoms with Gasteiger partial charge in [-0.3, -0.25) is 9.36 Å². The van der Waals surface area contributed by atoms with Crippen molar-refractivity contribution in [2.75, 3.05) is 24.6 Å². The van der Waals surface area contributed by atoms with Crippen molar-refractivity contribution in [1.29, 1.82) is 0 Å². The van der Waals surface area contributed by atoms with Gasteiger partial charge in [-0.2, -0.15) is 0 Å². The molecule has 3 aliphatic rings. The lowest BCUT2D eigenvalue weighted by atomic mass is 9.83. The number of pyridine rings is 1. The van der Waals surface area contributed by atoms with Crippen molar-refractivity contribution in [2.45, 2.75) is 64.7 Å². The minimum atomic E-state index is -2.31. The molecule has 7 heteroatoms. The van der Waals surface area contributed by atoms with E-state index in [-0.39, 0.29) is 30.1 Å². The molecule has 3 aromatic rings. The molecule has 1 unspecified atom stereocenters. The molecule has 3 fully saturated rings. The van der Waals surface area contributed by atoms with E-state index in [0.717, 1.165) is 37.3 Å². The molecular weight excluding hydrogens is 489 g/mol. The third-order valence-electron chi connectivity index (χ3n) is 8.10. The summed E-state index contributed by atoms with van der Waals surface area (Å²) >= 11 is 0. The zero-order chi connectivity index (χ0) is 26.9. The Hall–Kier alpha value is -2.96. The van der Waals surface area contributed by atoms with Crippen molar-refractivity contribution in [1.82, 2.24) is 4.57 Å². The number of ether oxygens (including phenoxy) is 1. The summed E-state index contributed by atoms with van der Waals surface area (Å²) in [6.07, 6.45) is 8.08. The van der Waals surface area contributed by atoms with E-state index in [9.17, 15) is 18.0 Å². The molecule has 1 aromatic heterocycles. The maximum atomic E-state index is 14.9. The SMILES string of the molecule is CC1CC(F)(F)C1.CC1CCN(c2ccc(-n3ccc4cc(OCC5CCCC5)ccc4c3=O)cc2F)C1. The summed E-state index contributed by atoms with van der Waals surface area (Å²) in [5.74, 6) is -0.310. The van der Waals surface area contributed by atoms with Crippen LogP contribution in [0.15, 0.2) is 53.5 Å².